The molecule has 1 aromatic carbocycles. The summed E-state index contributed by atoms with van der Waals surface area (Å²) >= 11 is 0. The number of rotatable bonds is 6. The van der Waals surface area contributed by atoms with Crippen LogP contribution in [0.15, 0.2) is 36.7 Å². The van der Waals surface area contributed by atoms with Crippen molar-refractivity contribution in [3.8, 4) is 0 Å². The largest absolute Gasteiger partial charge is 0.335 e. The molecule has 1 heterocycles. The number of nitrogens with zero attached hydrogens (tertiary/aromatic N) is 2. The number of hydrazine groups is 1. The van der Waals surface area contributed by atoms with Crippen LogP contribution in [0, 0.1) is 0 Å². The summed E-state index contributed by atoms with van der Waals surface area (Å²) in [5.74, 6) is 6.47. The molecule has 4 heteroatoms. The van der Waals surface area contributed by atoms with Gasteiger partial charge in [0.1, 0.15) is 5.82 Å². The van der Waals surface area contributed by atoms with Crippen LogP contribution in [-0.4, -0.2) is 9.55 Å². The van der Waals surface area contributed by atoms with Crippen molar-refractivity contribution in [3.05, 3.63) is 48.0 Å². The Morgan fingerprint density at radius 2 is 2.06 bits per heavy atom. The normalized spacial score (nSPS) is 10.6. The van der Waals surface area contributed by atoms with Gasteiger partial charge in [-0.15, -0.1) is 0 Å². The average molecular weight is 244 g/mol. The fraction of sp³-hybridized carbons (Fsp3) is 0.357. The molecule has 0 saturated heterocycles. The Bertz CT molecular complexity index is 473. The van der Waals surface area contributed by atoms with Gasteiger partial charge in [-0.2, -0.15) is 0 Å². The van der Waals surface area contributed by atoms with Crippen molar-refractivity contribution in [2.45, 2.75) is 32.7 Å². The number of benzene rings is 1. The van der Waals surface area contributed by atoms with Crippen molar-refractivity contribution < 1.29 is 0 Å². The summed E-state index contributed by atoms with van der Waals surface area (Å²) in [4.78, 5) is 4.43. The first-order chi connectivity index (χ1) is 8.83. The van der Waals surface area contributed by atoms with Crippen LogP contribution >= 0.6 is 0 Å². The first kappa shape index (κ1) is 12.6. The predicted octanol–water partition coefficient (Wildman–Crippen LogP) is 2.56. The third kappa shape index (κ3) is 3.11. The molecule has 2 aromatic rings. The van der Waals surface area contributed by atoms with Crippen LogP contribution in [-0.2, 0) is 13.0 Å². The van der Waals surface area contributed by atoms with E-state index in [1.54, 1.807) is 0 Å². The number of nitrogens with one attached hydrogen (secondary N) is 1. The van der Waals surface area contributed by atoms with E-state index in [0.717, 1.165) is 24.5 Å². The van der Waals surface area contributed by atoms with E-state index in [9.17, 15) is 0 Å². The SMILES string of the molecule is CCCCn1ccnc1Cc1ccc(NN)cc1. The molecule has 4 nitrogen and oxygen atoms in total. The van der Waals surface area contributed by atoms with Crippen LogP contribution < -0.4 is 11.3 Å². The van der Waals surface area contributed by atoms with E-state index in [-0.39, 0.29) is 0 Å². The Morgan fingerprint density at radius 1 is 1.28 bits per heavy atom. The minimum atomic E-state index is 0.863. The van der Waals surface area contributed by atoms with E-state index < -0.39 is 0 Å². The van der Waals surface area contributed by atoms with Crippen molar-refractivity contribution >= 4 is 5.69 Å². The minimum absolute atomic E-state index is 0.863. The van der Waals surface area contributed by atoms with Gasteiger partial charge < -0.3 is 9.99 Å². The first-order valence-corrected chi connectivity index (χ1v) is 6.39. The molecule has 3 N–H and O–H groups in total. The average Bonchev–Trinajstić information content (AvgIpc) is 2.84. The van der Waals surface area contributed by atoms with Crippen molar-refractivity contribution in [2.24, 2.45) is 5.84 Å². The van der Waals surface area contributed by atoms with Gasteiger partial charge in [-0.25, -0.2) is 4.98 Å². The molecule has 0 atom stereocenters. The summed E-state index contributed by atoms with van der Waals surface area (Å²) < 4.78 is 2.23. The number of nitrogen functional groups attached to an aromatic ring is 1. The van der Waals surface area contributed by atoms with Crippen LogP contribution in [0.2, 0.25) is 0 Å². The summed E-state index contributed by atoms with van der Waals surface area (Å²) in [6, 6.07) is 8.12. The Kier molecular flexibility index (Phi) is 4.36. The predicted molar refractivity (Wildman–Crippen MR) is 74.2 cm³/mol. The molecule has 0 unspecified atom stereocenters. The number of nitrogens with two attached hydrogens (primary N) is 1. The summed E-state index contributed by atoms with van der Waals surface area (Å²) in [5.41, 5.74) is 4.80. The number of hydrogen-bond acceptors (Lipinski definition) is 3. The lowest BCUT2D eigenvalue weighted by atomic mass is 10.1. The maximum absolute atomic E-state index is 5.35. The summed E-state index contributed by atoms with van der Waals surface area (Å²) in [7, 11) is 0. The molecule has 0 bridgehead atoms. The van der Waals surface area contributed by atoms with Crippen LogP contribution in [0.5, 0.6) is 0 Å². The Morgan fingerprint density at radius 3 is 2.72 bits per heavy atom. The molecule has 0 amide bonds. The summed E-state index contributed by atoms with van der Waals surface area (Å²) in [6.07, 6.45) is 7.19. The van der Waals surface area contributed by atoms with Crippen molar-refractivity contribution in [3.63, 3.8) is 0 Å². The molecule has 0 radical (unpaired) electrons. The van der Waals surface area contributed by atoms with E-state index in [1.165, 1.54) is 18.4 Å². The summed E-state index contributed by atoms with van der Waals surface area (Å²) in [5, 5.41) is 0. The smallest absolute Gasteiger partial charge is 0.113 e. The number of anilines is 1. The highest BCUT2D eigenvalue weighted by molar-refractivity contribution is 5.43. The highest BCUT2D eigenvalue weighted by Gasteiger charge is 2.03. The number of aromatic nitrogens is 2. The first-order valence-electron chi connectivity index (χ1n) is 6.39. The van der Waals surface area contributed by atoms with Gasteiger partial charge in [-0.1, -0.05) is 25.5 Å². The van der Waals surface area contributed by atoms with Gasteiger partial charge in [0.05, 0.1) is 0 Å². The van der Waals surface area contributed by atoms with Gasteiger partial charge >= 0.3 is 0 Å². The molecule has 96 valence electrons. The number of imidazole rings is 1. The lowest BCUT2D eigenvalue weighted by Crippen LogP contribution is -2.07. The number of hydrogen-bond donors (Lipinski definition) is 2. The van der Waals surface area contributed by atoms with E-state index in [0.29, 0.717) is 0 Å². The van der Waals surface area contributed by atoms with E-state index >= 15 is 0 Å². The third-order valence-electron chi connectivity index (χ3n) is 3.04. The van der Waals surface area contributed by atoms with Gasteiger partial charge in [0.25, 0.3) is 0 Å². The lowest BCUT2D eigenvalue weighted by molar-refractivity contribution is 0.609. The molecule has 0 spiro atoms. The molecule has 0 aliphatic carbocycles. The second kappa shape index (κ2) is 6.21. The van der Waals surface area contributed by atoms with Crippen LogP contribution in [0.25, 0.3) is 0 Å². The maximum Gasteiger partial charge on any atom is 0.113 e. The molecule has 2 rings (SSSR count). The van der Waals surface area contributed by atoms with Gasteiger partial charge in [-0.05, 0) is 24.1 Å². The Hall–Kier alpha value is -1.81. The molecular formula is C14H20N4. The Balaban J connectivity index is 2.05. The van der Waals surface area contributed by atoms with Gasteiger partial charge in [0, 0.05) is 31.0 Å². The maximum atomic E-state index is 5.35. The second-order valence-electron chi connectivity index (χ2n) is 4.41. The van der Waals surface area contributed by atoms with Crippen LogP contribution in [0.3, 0.4) is 0 Å². The van der Waals surface area contributed by atoms with E-state index in [1.807, 2.05) is 18.3 Å². The zero-order valence-electron chi connectivity index (χ0n) is 10.8. The van der Waals surface area contributed by atoms with Crippen molar-refractivity contribution in [1.82, 2.24) is 9.55 Å². The highest BCUT2D eigenvalue weighted by Crippen LogP contribution is 2.12. The van der Waals surface area contributed by atoms with Crippen LogP contribution in [0.4, 0.5) is 5.69 Å². The molecule has 18 heavy (non-hydrogen) atoms. The second-order valence-corrected chi connectivity index (χ2v) is 4.41. The molecule has 1 aromatic heterocycles. The quantitative estimate of drug-likeness (QED) is 0.606. The third-order valence-corrected chi connectivity index (χ3v) is 3.04. The Labute approximate surface area is 108 Å². The standard InChI is InChI=1S/C14H20N4/c1-2-3-9-18-10-8-16-14(18)11-12-4-6-13(17-15)7-5-12/h4-8,10,17H,2-3,9,11,15H2,1H3. The van der Waals surface area contributed by atoms with Gasteiger partial charge in [0.15, 0.2) is 0 Å². The van der Waals surface area contributed by atoms with E-state index in [2.05, 4.69) is 40.2 Å². The van der Waals surface area contributed by atoms with E-state index in [4.69, 9.17) is 5.84 Å². The molecule has 0 fully saturated rings. The fourth-order valence-electron chi connectivity index (χ4n) is 1.94. The van der Waals surface area contributed by atoms with Crippen molar-refractivity contribution in [1.29, 1.82) is 0 Å². The van der Waals surface area contributed by atoms with Gasteiger partial charge in [0.2, 0.25) is 0 Å². The van der Waals surface area contributed by atoms with Crippen molar-refractivity contribution in [2.75, 3.05) is 5.43 Å². The number of aryl methyl sites for hydroxylation is 1. The highest BCUT2D eigenvalue weighted by atomic mass is 15.2. The topological polar surface area (TPSA) is 55.9 Å². The zero-order chi connectivity index (χ0) is 12.8. The number of unbranched alkanes of at least 4 members (excludes halogenated alkanes) is 1. The summed E-state index contributed by atoms with van der Waals surface area (Å²) in [6.45, 7) is 3.25. The zero-order valence-corrected chi connectivity index (χ0v) is 10.8. The molecule has 0 saturated carbocycles. The fourth-order valence-corrected chi connectivity index (χ4v) is 1.94. The molecular weight excluding hydrogens is 224 g/mol. The van der Waals surface area contributed by atoms with Crippen LogP contribution in [0.1, 0.15) is 31.2 Å². The minimum Gasteiger partial charge on any atom is -0.335 e. The molecule has 0 aliphatic rings. The van der Waals surface area contributed by atoms with Gasteiger partial charge in [-0.3, -0.25) is 5.84 Å². The lowest BCUT2D eigenvalue weighted by Gasteiger charge is -2.07. The molecule has 0 aliphatic heterocycles. The monoisotopic (exact) mass is 244 g/mol.